The summed E-state index contributed by atoms with van der Waals surface area (Å²) in [4.78, 5) is 10.4. The van der Waals surface area contributed by atoms with Crippen LogP contribution < -0.4 is 0 Å². The molecule has 0 aliphatic heterocycles. The van der Waals surface area contributed by atoms with Gasteiger partial charge in [-0.2, -0.15) is 0 Å². The number of aromatic nitrogens is 2. The van der Waals surface area contributed by atoms with Crippen molar-refractivity contribution < 1.29 is 4.42 Å². The molecule has 0 N–H and O–H groups in total. The van der Waals surface area contributed by atoms with Crippen molar-refractivity contribution in [3.8, 4) is 56.2 Å². The summed E-state index contributed by atoms with van der Waals surface area (Å²) >= 11 is 0. The van der Waals surface area contributed by atoms with Crippen LogP contribution in [-0.4, -0.2) is 9.97 Å². The van der Waals surface area contributed by atoms with Gasteiger partial charge in [0.15, 0.2) is 5.82 Å². The number of para-hydroxylation sites is 1. The predicted octanol–water partition coefficient (Wildman–Crippen LogP) is 12.5. The van der Waals surface area contributed by atoms with Gasteiger partial charge in [-0.15, -0.1) is 0 Å². The highest BCUT2D eigenvalue weighted by atomic mass is 16.3. The van der Waals surface area contributed by atoms with Crippen LogP contribution in [0.2, 0.25) is 0 Å². The summed E-state index contributed by atoms with van der Waals surface area (Å²) in [6.07, 6.45) is 0. The molecule has 7 aromatic carbocycles. The Labute approximate surface area is 290 Å². The van der Waals surface area contributed by atoms with Crippen LogP contribution in [0.15, 0.2) is 162 Å². The average molecular weight is 641 g/mol. The first kappa shape index (κ1) is 28.7. The van der Waals surface area contributed by atoms with Gasteiger partial charge in [0.2, 0.25) is 0 Å². The maximum Gasteiger partial charge on any atom is 0.160 e. The van der Waals surface area contributed by atoms with E-state index in [0.717, 1.165) is 55.4 Å². The van der Waals surface area contributed by atoms with E-state index in [9.17, 15) is 0 Å². The Morgan fingerprint density at radius 1 is 0.420 bits per heavy atom. The smallest absolute Gasteiger partial charge is 0.160 e. The van der Waals surface area contributed by atoms with E-state index in [0.29, 0.717) is 5.82 Å². The number of fused-ring (bicyclic) bond motifs is 7. The molecule has 3 heteroatoms. The zero-order valence-corrected chi connectivity index (χ0v) is 27.8. The quantitative estimate of drug-likeness (QED) is 0.192. The van der Waals surface area contributed by atoms with Crippen LogP contribution in [0.1, 0.15) is 25.0 Å². The number of hydrogen-bond donors (Lipinski definition) is 0. The largest absolute Gasteiger partial charge is 0.456 e. The molecule has 9 aromatic rings. The maximum absolute atomic E-state index is 6.15. The SMILES string of the molecule is CC1(C)c2ccccc2-c2cccc(-c3ccc(-c4cc(-c5ccc6oc7ccccc7c6c5)nc(-c5ccccc5)n4)c4ccccc34)c21. The van der Waals surface area contributed by atoms with E-state index in [-0.39, 0.29) is 5.41 Å². The molecule has 0 spiro atoms. The predicted molar refractivity (Wildman–Crippen MR) is 206 cm³/mol. The first-order valence-corrected chi connectivity index (χ1v) is 17.2. The van der Waals surface area contributed by atoms with Crippen LogP contribution in [-0.2, 0) is 5.41 Å². The molecule has 1 aliphatic carbocycles. The van der Waals surface area contributed by atoms with Crippen LogP contribution >= 0.6 is 0 Å². The Morgan fingerprint density at radius 3 is 1.88 bits per heavy atom. The highest BCUT2D eigenvalue weighted by molar-refractivity contribution is 6.08. The number of furan rings is 1. The third-order valence-corrected chi connectivity index (χ3v) is 10.5. The van der Waals surface area contributed by atoms with Gasteiger partial charge in [-0.3, -0.25) is 0 Å². The molecule has 0 radical (unpaired) electrons. The first-order chi connectivity index (χ1) is 24.5. The standard InChI is InChI=1S/C47H32N2O/c1-47(2)40-21-10-8-17-34(40)38-20-12-19-37(45(38)47)33-24-25-35(32-16-7-6-15-31(32)33)42-28-41(48-46(49-42)29-13-4-3-5-14-29)30-23-26-44-39(27-30)36-18-9-11-22-43(36)50-44/h3-28H,1-2H3. The molecule has 0 amide bonds. The van der Waals surface area contributed by atoms with Gasteiger partial charge in [0, 0.05) is 32.9 Å². The molecular formula is C47H32N2O. The van der Waals surface area contributed by atoms with Gasteiger partial charge >= 0.3 is 0 Å². The van der Waals surface area contributed by atoms with Crippen LogP contribution in [0.4, 0.5) is 0 Å². The second kappa shape index (κ2) is 10.8. The lowest BCUT2D eigenvalue weighted by atomic mass is 9.78. The normalized spacial score (nSPS) is 13.2. The zero-order valence-electron chi connectivity index (χ0n) is 27.8. The molecule has 3 nitrogen and oxygen atoms in total. The highest BCUT2D eigenvalue weighted by Crippen LogP contribution is 2.53. The van der Waals surface area contributed by atoms with Crippen molar-refractivity contribution in [3.63, 3.8) is 0 Å². The summed E-state index contributed by atoms with van der Waals surface area (Å²) in [5.74, 6) is 0.698. The summed E-state index contributed by atoms with van der Waals surface area (Å²) < 4.78 is 6.15. The Hall–Kier alpha value is -6.32. The number of rotatable bonds is 4. The summed E-state index contributed by atoms with van der Waals surface area (Å²) in [6.45, 7) is 4.71. The van der Waals surface area contributed by atoms with Gasteiger partial charge in [0.25, 0.3) is 0 Å². The van der Waals surface area contributed by atoms with E-state index in [1.165, 1.54) is 38.8 Å². The third kappa shape index (κ3) is 4.30. The number of benzene rings is 7. The van der Waals surface area contributed by atoms with Crippen molar-refractivity contribution in [2.75, 3.05) is 0 Å². The highest BCUT2D eigenvalue weighted by Gasteiger charge is 2.37. The molecule has 0 saturated heterocycles. The van der Waals surface area contributed by atoms with E-state index in [4.69, 9.17) is 14.4 Å². The van der Waals surface area contributed by atoms with E-state index in [2.05, 4.69) is 141 Å². The van der Waals surface area contributed by atoms with Gasteiger partial charge in [-0.1, -0.05) is 141 Å². The second-order valence-electron chi connectivity index (χ2n) is 13.7. The van der Waals surface area contributed by atoms with Crippen molar-refractivity contribution in [2.45, 2.75) is 19.3 Å². The maximum atomic E-state index is 6.15. The van der Waals surface area contributed by atoms with Crippen LogP contribution in [0.3, 0.4) is 0 Å². The number of hydrogen-bond acceptors (Lipinski definition) is 3. The Morgan fingerprint density at radius 2 is 1.04 bits per heavy atom. The van der Waals surface area contributed by atoms with Gasteiger partial charge in [0.05, 0.1) is 11.4 Å². The molecule has 2 heterocycles. The third-order valence-electron chi connectivity index (χ3n) is 10.5. The molecule has 0 bridgehead atoms. The lowest BCUT2D eigenvalue weighted by Crippen LogP contribution is -2.16. The minimum absolute atomic E-state index is 0.115. The van der Waals surface area contributed by atoms with E-state index in [1.807, 2.05) is 30.3 Å². The van der Waals surface area contributed by atoms with Crippen molar-refractivity contribution >= 4 is 32.7 Å². The zero-order chi connectivity index (χ0) is 33.4. The summed E-state index contributed by atoms with van der Waals surface area (Å²) in [6, 6.07) is 55.8. The Kier molecular flexibility index (Phi) is 6.22. The molecular weight excluding hydrogens is 609 g/mol. The Bertz CT molecular complexity index is 2790. The first-order valence-electron chi connectivity index (χ1n) is 17.2. The molecule has 2 aromatic heterocycles. The molecule has 236 valence electrons. The Balaban J connectivity index is 1.18. The van der Waals surface area contributed by atoms with E-state index in [1.54, 1.807) is 0 Å². The molecule has 10 rings (SSSR count). The molecule has 1 aliphatic rings. The molecule has 0 saturated carbocycles. The fraction of sp³-hybridized carbons (Fsp3) is 0.0638. The topological polar surface area (TPSA) is 38.9 Å². The van der Waals surface area contributed by atoms with Gasteiger partial charge in [0.1, 0.15) is 11.2 Å². The molecule has 50 heavy (non-hydrogen) atoms. The van der Waals surface area contributed by atoms with E-state index < -0.39 is 0 Å². The fourth-order valence-electron chi connectivity index (χ4n) is 8.16. The van der Waals surface area contributed by atoms with Crippen LogP contribution in [0.25, 0.3) is 88.9 Å². The summed E-state index contributed by atoms with van der Waals surface area (Å²) in [5.41, 5.74) is 14.4. The van der Waals surface area contributed by atoms with Gasteiger partial charge < -0.3 is 4.42 Å². The van der Waals surface area contributed by atoms with Crippen LogP contribution in [0, 0.1) is 0 Å². The van der Waals surface area contributed by atoms with Gasteiger partial charge in [-0.25, -0.2) is 9.97 Å². The number of nitrogens with zero attached hydrogens (tertiary/aromatic N) is 2. The lowest BCUT2D eigenvalue weighted by Gasteiger charge is -2.25. The van der Waals surface area contributed by atoms with E-state index >= 15 is 0 Å². The van der Waals surface area contributed by atoms with Crippen LogP contribution in [0.5, 0.6) is 0 Å². The van der Waals surface area contributed by atoms with Crippen molar-refractivity contribution in [1.29, 1.82) is 0 Å². The molecule has 0 fully saturated rings. The second-order valence-corrected chi connectivity index (χ2v) is 13.7. The minimum Gasteiger partial charge on any atom is -0.456 e. The monoisotopic (exact) mass is 640 g/mol. The minimum atomic E-state index is -0.115. The summed E-state index contributed by atoms with van der Waals surface area (Å²) in [5, 5.41) is 4.55. The van der Waals surface area contributed by atoms with Crippen molar-refractivity contribution in [3.05, 3.63) is 169 Å². The lowest BCUT2D eigenvalue weighted by molar-refractivity contribution is 0.662. The molecule has 0 unspecified atom stereocenters. The molecule has 0 atom stereocenters. The summed E-state index contributed by atoms with van der Waals surface area (Å²) in [7, 11) is 0. The fourth-order valence-corrected chi connectivity index (χ4v) is 8.16. The average Bonchev–Trinajstić information content (AvgIpc) is 3.66. The van der Waals surface area contributed by atoms with Crippen molar-refractivity contribution in [1.82, 2.24) is 9.97 Å². The van der Waals surface area contributed by atoms with Gasteiger partial charge in [-0.05, 0) is 74.5 Å². The van der Waals surface area contributed by atoms with Crippen molar-refractivity contribution in [2.24, 2.45) is 0 Å².